The largest absolute Gasteiger partial charge is 0.478 e. The monoisotopic (exact) mass is 334 g/mol. The lowest BCUT2D eigenvalue weighted by Crippen LogP contribution is -2.16. The molecule has 20 heavy (non-hydrogen) atoms. The molecule has 0 aliphatic carbocycles. The van der Waals surface area contributed by atoms with Crippen molar-refractivity contribution in [3.8, 4) is 0 Å². The maximum atomic E-state index is 12.2. The summed E-state index contributed by atoms with van der Waals surface area (Å²) in [5.74, 6) is -1.50. The van der Waals surface area contributed by atoms with Crippen molar-refractivity contribution in [2.45, 2.75) is 6.92 Å². The van der Waals surface area contributed by atoms with Crippen LogP contribution in [0.2, 0.25) is 0 Å². The SMILES string of the molecule is Cc1cccc(C(=O)O)c1NC(=O)c1cccnc1Br. The van der Waals surface area contributed by atoms with Crippen molar-refractivity contribution < 1.29 is 14.7 Å². The molecule has 1 aromatic heterocycles. The van der Waals surface area contributed by atoms with E-state index in [9.17, 15) is 9.59 Å². The number of halogens is 1. The van der Waals surface area contributed by atoms with E-state index in [1.165, 1.54) is 6.07 Å². The molecule has 6 heteroatoms. The Bertz CT molecular complexity index is 686. The highest BCUT2D eigenvalue weighted by molar-refractivity contribution is 9.10. The van der Waals surface area contributed by atoms with E-state index in [4.69, 9.17) is 5.11 Å². The molecule has 5 nitrogen and oxygen atoms in total. The van der Waals surface area contributed by atoms with Crippen molar-refractivity contribution in [3.05, 3.63) is 57.8 Å². The molecule has 1 aromatic carbocycles. The molecule has 0 aliphatic heterocycles. The molecule has 2 N–H and O–H groups in total. The summed E-state index contributed by atoms with van der Waals surface area (Å²) < 4.78 is 0.406. The van der Waals surface area contributed by atoms with Gasteiger partial charge in [0.15, 0.2) is 0 Å². The Hall–Kier alpha value is -2.21. The van der Waals surface area contributed by atoms with Gasteiger partial charge in [-0.25, -0.2) is 9.78 Å². The van der Waals surface area contributed by atoms with Crippen LogP contribution in [0.5, 0.6) is 0 Å². The molecule has 2 aromatic rings. The molecule has 0 spiro atoms. The van der Waals surface area contributed by atoms with Crippen LogP contribution in [0.3, 0.4) is 0 Å². The quantitative estimate of drug-likeness (QED) is 0.845. The highest BCUT2D eigenvalue weighted by atomic mass is 79.9. The summed E-state index contributed by atoms with van der Waals surface area (Å²) in [5, 5.41) is 11.8. The van der Waals surface area contributed by atoms with Crippen LogP contribution in [0.15, 0.2) is 41.1 Å². The normalized spacial score (nSPS) is 10.1. The number of pyridine rings is 1. The highest BCUT2D eigenvalue weighted by Crippen LogP contribution is 2.22. The third kappa shape index (κ3) is 2.85. The van der Waals surface area contributed by atoms with Crippen LogP contribution >= 0.6 is 15.9 Å². The van der Waals surface area contributed by atoms with Crippen molar-refractivity contribution in [3.63, 3.8) is 0 Å². The maximum absolute atomic E-state index is 12.2. The number of aromatic carboxylic acids is 1. The summed E-state index contributed by atoms with van der Waals surface area (Å²) >= 11 is 3.19. The number of carboxylic acid groups (broad SMARTS) is 1. The summed E-state index contributed by atoms with van der Waals surface area (Å²) in [7, 11) is 0. The van der Waals surface area contributed by atoms with Gasteiger partial charge in [0.25, 0.3) is 5.91 Å². The number of nitrogens with zero attached hydrogens (tertiary/aromatic N) is 1. The predicted molar refractivity (Wildman–Crippen MR) is 78.0 cm³/mol. The number of nitrogens with one attached hydrogen (secondary N) is 1. The van der Waals surface area contributed by atoms with Gasteiger partial charge in [0.1, 0.15) is 4.60 Å². The lowest BCUT2D eigenvalue weighted by Gasteiger charge is -2.11. The Morgan fingerprint density at radius 3 is 2.55 bits per heavy atom. The molecule has 0 fully saturated rings. The lowest BCUT2D eigenvalue weighted by atomic mass is 10.1. The van der Waals surface area contributed by atoms with Crippen molar-refractivity contribution >= 4 is 33.5 Å². The van der Waals surface area contributed by atoms with E-state index in [0.717, 1.165) is 0 Å². The van der Waals surface area contributed by atoms with Gasteiger partial charge >= 0.3 is 5.97 Å². The number of amides is 1. The Labute approximate surface area is 123 Å². The molecule has 0 saturated carbocycles. The standard InChI is InChI=1S/C14H11BrN2O3/c1-8-4-2-5-9(14(19)20)11(8)17-13(18)10-6-3-7-16-12(10)15/h2-7H,1H3,(H,17,18)(H,19,20). The summed E-state index contributed by atoms with van der Waals surface area (Å²) in [6, 6.07) is 8.05. The van der Waals surface area contributed by atoms with Gasteiger partial charge in [-0.15, -0.1) is 0 Å². The molecule has 1 heterocycles. The van der Waals surface area contributed by atoms with Gasteiger partial charge in [0.2, 0.25) is 0 Å². The van der Waals surface area contributed by atoms with Gasteiger partial charge in [-0.2, -0.15) is 0 Å². The minimum atomic E-state index is -1.09. The van der Waals surface area contributed by atoms with Crippen LogP contribution in [-0.2, 0) is 0 Å². The molecule has 0 radical (unpaired) electrons. The number of rotatable bonds is 3. The topological polar surface area (TPSA) is 79.3 Å². The second kappa shape index (κ2) is 5.83. The van der Waals surface area contributed by atoms with Crippen LogP contribution in [-0.4, -0.2) is 22.0 Å². The Morgan fingerprint density at radius 2 is 1.90 bits per heavy atom. The second-order valence-electron chi connectivity index (χ2n) is 4.10. The number of carbonyl (C=O) groups is 2. The van der Waals surface area contributed by atoms with Crippen LogP contribution in [0.1, 0.15) is 26.3 Å². The van der Waals surface area contributed by atoms with Crippen LogP contribution in [0.4, 0.5) is 5.69 Å². The van der Waals surface area contributed by atoms with Crippen molar-refractivity contribution in [2.24, 2.45) is 0 Å². The summed E-state index contributed by atoms with van der Waals surface area (Å²) in [4.78, 5) is 27.3. The number of aromatic nitrogens is 1. The minimum Gasteiger partial charge on any atom is -0.478 e. The maximum Gasteiger partial charge on any atom is 0.337 e. The van der Waals surface area contributed by atoms with Crippen molar-refractivity contribution in [1.29, 1.82) is 0 Å². The van der Waals surface area contributed by atoms with E-state index in [1.54, 1.807) is 37.4 Å². The molecular formula is C14H11BrN2O3. The smallest absolute Gasteiger partial charge is 0.337 e. The van der Waals surface area contributed by atoms with Gasteiger partial charge in [-0.05, 0) is 46.6 Å². The molecule has 102 valence electrons. The number of aryl methyl sites for hydroxylation is 1. The van der Waals surface area contributed by atoms with E-state index >= 15 is 0 Å². The highest BCUT2D eigenvalue weighted by Gasteiger charge is 2.17. The van der Waals surface area contributed by atoms with E-state index < -0.39 is 11.9 Å². The first-order valence-corrected chi connectivity index (χ1v) is 6.55. The van der Waals surface area contributed by atoms with Gasteiger partial charge in [0.05, 0.1) is 16.8 Å². The van der Waals surface area contributed by atoms with Gasteiger partial charge in [-0.3, -0.25) is 4.79 Å². The second-order valence-corrected chi connectivity index (χ2v) is 4.85. The van der Waals surface area contributed by atoms with E-state index in [-0.39, 0.29) is 5.56 Å². The Morgan fingerprint density at radius 1 is 1.20 bits per heavy atom. The van der Waals surface area contributed by atoms with Crippen LogP contribution < -0.4 is 5.32 Å². The Balaban J connectivity index is 2.38. The lowest BCUT2D eigenvalue weighted by molar-refractivity contribution is 0.0698. The third-order valence-electron chi connectivity index (χ3n) is 2.75. The van der Waals surface area contributed by atoms with Crippen LogP contribution in [0, 0.1) is 6.92 Å². The van der Waals surface area contributed by atoms with Crippen molar-refractivity contribution in [1.82, 2.24) is 4.98 Å². The van der Waals surface area contributed by atoms with E-state index in [0.29, 0.717) is 21.4 Å². The zero-order valence-electron chi connectivity index (χ0n) is 10.6. The zero-order valence-corrected chi connectivity index (χ0v) is 12.1. The molecule has 2 rings (SSSR count). The van der Waals surface area contributed by atoms with Crippen molar-refractivity contribution in [2.75, 3.05) is 5.32 Å². The molecule has 0 saturated heterocycles. The molecule has 0 aliphatic rings. The number of hydrogen-bond donors (Lipinski definition) is 2. The molecular weight excluding hydrogens is 324 g/mol. The van der Waals surface area contributed by atoms with Gasteiger partial charge in [-0.1, -0.05) is 12.1 Å². The summed E-state index contributed by atoms with van der Waals surface area (Å²) in [5.41, 5.74) is 1.37. The fraction of sp³-hybridized carbons (Fsp3) is 0.0714. The fourth-order valence-corrected chi connectivity index (χ4v) is 2.18. The molecule has 0 bridgehead atoms. The zero-order chi connectivity index (χ0) is 14.7. The van der Waals surface area contributed by atoms with E-state index in [2.05, 4.69) is 26.2 Å². The third-order valence-corrected chi connectivity index (χ3v) is 3.38. The summed E-state index contributed by atoms with van der Waals surface area (Å²) in [6.45, 7) is 1.74. The molecule has 1 amide bonds. The first-order chi connectivity index (χ1) is 9.50. The van der Waals surface area contributed by atoms with Gasteiger partial charge < -0.3 is 10.4 Å². The van der Waals surface area contributed by atoms with Crippen LogP contribution in [0.25, 0.3) is 0 Å². The summed E-state index contributed by atoms with van der Waals surface area (Å²) in [6.07, 6.45) is 1.55. The average Bonchev–Trinajstić information content (AvgIpc) is 2.41. The number of carbonyl (C=O) groups excluding carboxylic acids is 1. The fourth-order valence-electron chi connectivity index (χ4n) is 1.75. The number of carboxylic acids is 1. The number of benzene rings is 1. The number of anilines is 1. The predicted octanol–water partition coefficient (Wildman–Crippen LogP) is 3.10. The first kappa shape index (κ1) is 14.2. The number of hydrogen-bond acceptors (Lipinski definition) is 3. The van der Waals surface area contributed by atoms with Gasteiger partial charge in [0, 0.05) is 6.20 Å². The van der Waals surface area contributed by atoms with E-state index in [1.807, 2.05) is 0 Å². The minimum absolute atomic E-state index is 0.0540. The molecule has 0 atom stereocenters. The number of para-hydroxylation sites is 1. The first-order valence-electron chi connectivity index (χ1n) is 5.75. The Kier molecular flexibility index (Phi) is 4.14. The molecule has 0 unspecified atom stereocenters. The average molecular weight is 335 g/mol.